The number of hydrogen-bond acceptors (Lipinski definition) is 5. The molecule has 2 aromatic rings. The molecule has 0 unspecified atom stereocenters. The number of ketones is 1. The first-order chi connectivity index (χ1) is 12.5. The molecule has 0 saturated carbocycles. The van der Waals surface area contributed by atoms with Crippen molar-refractivity contribution in [3.05, 3.63) is 36.7 Å². The Labute approximate surface area is 153 Å². The van der Waals surface area contributed by atoms with Crippen LogP contribution >= 0.6 is 0 Å². The van der Waals surface area contributed by atoms with Crippen LogP contribution in [0.1, 0.15) is 19.8 Å². The largest absolute Gasteiger partial charge is 0.492 e. The molecule has 3 rings (SSSR count). The number of benzene rings is 1. The van der Waals surface area contributed by atoms with Crippen LogP contribution in [0.5, 0.6) is 5.75 Å². The van der Waals surface area contributed by atoms with Gasteiger partial charge in [-0.1, -0.05) is 12.1 Å². The van der Waals surface area contributed by atoms with Gasteiger partial charge in [0.05, 0.1) is 12.7 Å². The molecule has 7 heteroatoms. The Bertz CT molecular complexity index is 781. The SMILES string of the molecule is CC(=O)C(=O)N(CCOc1cccc(-c2cnn(C)c2)c1)N1CCCC1. The van der Waals surface area contributed by atoms with E-state index in [0.717, 1.165) is 42.8 Å². The van der Waals surface area contributed by atoms with Crippen LogP contribution in [0.3, 0.4) is 0 Å². The lowest BCUT2D eigenvalue weighted by molar-refractivity contribution is -0.155. The molecule has 0 N–H and O–H groups in total. The number of nitrogens with zero attached hydrogens (tertiary/aromatic N) is 4. The highest BCUT2D eigenvalue weighted by Crippen LogP contribution is 2.23. The maximum absolute atomic E-state index is 12.2. The molecule has 2 heterocycles. The summed E-state index contributed by atoms with van der Waals surface area (Å²) in [5.74, 6) is -0.196. The first-order valence-electron chi connectivity index (χ1n) is 8.84. The Balaban J connectivity index is 1.62. The zero-order valence-electron chi connectivity index (χ0n) is 15.2. The summed E-state index contributed by atoms with van der Waals surface area (Å²) in [5, 5.41) is 7.65. The third-order valence-electron chi connectivity index (χ3n) is 4.40. The fourth-order valence-electron chi connectivity index (χ4n) is 3.08. The number of carbonyl (C=O) groups is 2. The maximum atomic E-state index is 12.2. The lowest BCUT2D eigenvalue weighted by Gasteiger charge is -2.30. The van der Waals surface area contributed by atoms with Gasteiger partial charge >= 0.3 is 5.91 Å². The van der Waals surface area contributed by atoms with Crippen molar-refractivity contribution in [3.8, 4) is 16.9 Å². The van der Waals surface area contributed by atoms with Gasteiger partial charge in [0, 0.05) is 38.8 Å². The summed E-state index contributed by atoms with van der Waals surface area (Å²) in [6.45, 7) is 3.59. The van der Waals surface area contributed by atoms with Crippen molar-refractivity contribution in [1.29, 1.82) is 0 Å². The highest BCUT2D eigenvalue weighted by Gasteiger charge is 2.26. The zero-order chi connectivity index (χ0) is 18.5. The van der Waals surface area contributed by atoms with E-state index in [1.54, 1.807) is 10.9 Å². The molecule has 0 bridgehead atoms. The molecule has 138 valence electrons. The van der Waals surface area contributed by atoms with Crippen molar-refractivity contribution < 1.29 is 14.3 Å². The van der Waals surface area contributed by atoms with Crippen LogP contribution in [0.15, 0.2) is 36.7 Å². The average molecular weight is 356 g/mol. The first-order valence-corrected chi connectivity index (χ1v) is 8.84. The molecule has 0 radical (unpaired) electrons. The monoisotopic (exact) mass is 356 g/mol. The number of aryl methyl sites for hydroxylation is 1. The van der Waals surface area contributed by atoms with E-state index in [0.29, 0.717) is 13.2 Å². The highest BCUT2D eigenvalue weighted by molar-refractivity contribution is 6.34. The quantitative estimate of drug-likeness (QED) is 0.709. The van der Waals surface area contributed by atoms with Crippen LogP contribution in [0, 0.1) is 0 Å². The molecule has 1 amide bonds. The van der Waals surface area contributed by atoms with E-state index in [2.05, 4.69) is 5.10 Å². The standard InChI is InChI=1S/C19H24N4O3/c1-15(24)19(25)23(22-8-3-4-9-22)10-11-26-18-7-5-6-16(12-18)17-13-20-21(2)14-17/h5-7,12-14H,3-4,8-11H2,1-2H3. The van der Waals surface area contributed by atoms with Crippen LogP contribution in [-0.4, -0.2) is 57.7 Å². The summed E-state index contributed by atoms with van der Waals surface area (Å²) in [6, 6.07) is 7.76. The second kappa shape index (κ2) is 8.14. The number of amides is 1. The normalized spacial score (nSPS) is 14.4. The molecule has 1 aromatic carbocycles. The zero-order valence-corrected chi connectivity index (χ0v) is 15.2. The lowest BCUT2D eigenvalue weighted by atomic mass is 10.1. The molecule has 1 aliphatic rings. The fourth-order valence-corrected chi connectivity index (χ4v) is 3.08. The molecule has 7 nitrogen and oxygen atoms in total. The summed E-state index contributed by atoms with van der Waals surface area (Å²) in [6.07, 6.45) is 5.82. The summed E-state index contributed by atoms with van der Waals surface area (Å²) in [7, 11) is 1.88. The minimum Gasteiger partial charge on any atom is -0.492 e. The number of hydrazine groups is 1. The van der Waals surface area contributed by atoms with Crippen LogP contribution in [0.2, 0.25) is 0 Å². The third-order valence-corrected chi connectivity index (χ3v) is 4.40. The second-order valence-electron chi connectivity index (χ2n) is 6.42. The van der Waals surface area contributed by atoms with Gasteiger partial charge in [-0.25, -0.2) is 5.01 Å². The van der Waals surface area contributed by atoms with Gasteiger partial charge in [0.1, 0.15) is 12.4 Å². The fraction of sp³-hybridized carbons (Fsp3) is 0.421. The van der Waals surface area contributed by atoms with E-state index >= 15 is 0 Å². The molecule has 1 aromatic heterocycles. The van der Waals surface area contributed by atoms with E-state index in [4.69, 9.17) is 4.74 Å². The van der Waals surface area contributed by atoms with Gasteiger partial charge in [-0.15, -0.1) is 0 Å². The Morgan fingerprint density at radius 3 is 2.65 bits per heavy atom. The Morgan fingerprint density at radius 1 is 1.23 bits per heavy atom. The smallest absolute Gasteiger partial charge is 0.304 e. The maximum Gasteiger partial charge on any atom is 0.304 e. The van der Waals surface area contributed by atoms with Gasteiger partial charge < -0.3 is 4.74 Å². The number of carbonyl (C=O) groups excluding carboxylic acids is 2. The predicted molar refractivity (Wildman–Crippen MR) is 97.3 cm³/mol. The molecular formula is C19H24N4O3. The van der Waals surface area contributed by atoms with Crippen molar-refractivity contribution in [2.75, 3.05) is 26.2 Å². The second-order valence-corrected chi connectivity index (χ2v) is 6.42. The minimum atomic E-state index is -0.473. The van der Waals surface area contributed by atoms with E-state index < -0.39 is 11.7 Å². The number of hydrogen-bond donors (Lipinski definition) is 0. The topological polar surface area (TPSA) is 67.7 Å². The number of rotatable bonds is 7. The van der Waals surface area contributed by atoms with E-state index in [-0.39, 0.29) is 0 Å². The van der Waals surface area contributed by atoms with Crippen LogP contribution in [0.4, 0.5) is 0 Å². The van der Waals surface area contributed by atoms with Crippen LogP contribution in [0.25, 0.3) is 11.1 Å². The van der Waals surface area contributed by atoms with Crippen molar-refractivity contribution in [3.63, 3.8) is 0 Å². The van der Waals surface area contributed by atoms with Gasteiger partial charge in [-0.3, -0.25) is 19.3 Å². The van der Waals surface area contributed by atoms with Gasteiger partial charge in [-0.05, 0) is 30.5 Å². The molecule has 0 spiro atoms. The number of ether oxygens (including phenoxy) is 1. The Kier molecular flexibility index (Phi) is 5.68. The molecule has 1 aliphatic heterocycles. The molecular weight excluding hydrogens is 332 g/mol. The third kappa shape index (κ3) is 4.29. The summed E-state index contributed by atoms with van der Waals surface area (Å²) in [5.41, 5.74) is 2.04. The molecule has 1 fully saturated rings. The first kappa shape index (κ1) is 18.1. The van der Waals surface area contributed by atoms with Crippen molar-refractivity contribution in [2.45, 2.75) is 19.8 Å². The van der Waals surface area contributed by atoms with Crippen LogP contribution < -0.4 is 4.74 Å². The summed E-state index contributed by atoms with van der Waals surface area (Å²) in [4.78, 5) is 23.7. The van der Waals surface area contributed by atoms with E-state index in [9.17, 15) is 9.59 Å². The van der Waals surface area contributed by atoms with Gasteiger partial charge in [0.25, 0.3) is 0 Å². The molecule has 26 heavy (non-hydrogen) atoms. The Hall–Kier alpha value is -2.67. The molecule has 1 saturated heterocycles. The van der Waals surface area contributed by atoms with Gasteiger partial charge in [0.2, 0.25) is 5.78 Å². The predicted octanol–water partition coefficient (Wildman–Crippen LogP) is 1.89. The van der Waals surface area contributed by atoms with E-state index in [1.807, 2.05) is 42.5 Å². The summed E-state index contributed by atoms with van der Waals surface area (Å²) < 4.78 is 7.59. The number of aromatic nitrogens is 2. The van der Waals surface area contributed by atoms with Crippen molar-refractivity contribution in [1.82, 2.24) is 19.8 Å². The minimum absolute atomic E-state index is 0.325. The highest BCUT2D eigenvalue weighted by atomic mass is 16.5. The number of Topliss-reactive ketones (excluding diaryl/α,β-unsaturated/α-hetero) is 1. The van der Waals surface area contributed by atoms with Crippen LogP contribution in [-0.2, 0) is 16.6 Å². The van der Waals surface area contributed by atoms with E-state index in [1.165, 1.54) is 11.9 Å². The molecule has 0 aliphatic carbocycles. The Morgan fingerprint density at radius 2 is 2.00 bits per heavy atom. The lowest BCUT2D eigenvalue weighted by Crippen LogP contribution is -2.49. The summed E-state index contributed by atoms with van der Waals surface area (Å²) >= 11 is 0. The van der Waals surface area contributed by atoms with Crippen molar-refractivity contribution >= 4 is 11.7 Å². The van der Waals surface area contributed by atoms with Crippen molar-refractivity contribution in [2.24, 2.45) is 7.05 Å². The van der Waals surface area contributed by atoms with Gasteiger partial charge in [-0.2, -0.15) is 5.10 Å². The average Bonchev–Trinajstić information content (AvgIpc) is 3.30. The molecule has 0 atom stereocenters. The van der Waals surface area contributed by atoms with Gasteiger partial charge in [0.15, 0.2) is 0 Å².